The van der Waals surface area contributed by atoms with Crippen LogP contribution in [0.5, 0.6) is 5.88 Å². The number of para-hydroxylation sites is 2. The average molecular weight is 409 g/mol. The number of ether oxygens (including phenoxy) is 1. The molecule has 0 aliphatic heterocycles. The molecule has 0 fully saturated rings. The third kappa shape index (κ3) is 5.29. The van der Waals surface area contributed by atoms with Crippen molar-refractivity contribution < 1.29 is 13.9 Å². The smallest absolute Gasteiger partial charge is 0.242 e. The second kappa shape index (κ2) is 9.47. The Bertz CT molecular complexity index is 1060. The summed E-state index contributed by atoms with van der Waals surface area (Å²) in [6, 6.07) is 13.6. The Morgan fingerprint density at radius 1 is 1.00 bits per heavy atom. The normalized spacial score (nSPS) is 10.8. The summed E-state index contributed by atoms with van der Waals surface area (Å²) in [5, 5.41) is 2.03. The molecule has 0 saturated carbocycles. The lowest BCUT2D eigenvalue weighted by Crippen LogP contribution is -2.08. The van der Waals surface area contributed by atoms with Crippen molar-refractivity contribution in [3.8, 4) is 16.5 Å². The highest BCUT2D eigenvalue weighted by molar-refractivity contribution is 7.13. The van der Waals surface area contributed by atoms with Crippen LogP contribution in [0.1, 0.15) is 38.1 Å². The highest BCUT2D eigenvalue weighted by Gasteiger charge is 2.14. The zero-order chi connectivity index (χ0) is 20.8. The molecule has 29 heavy (non-hydrogen) atoms. The summed E-state index contributed by atoms with van der Waals surface area (Å²) < 4.78 is 10.6. The molecule has 0 bridgehead atoms. The van der Waals surface area contributed by atoms with E-state index in [2.05, 4.69) is 4.98 Å². The molecule has 0 unspecified atom stereocenters. The molecule has 6 heteroatoms. The van der Waals surface area contributed by atoms with Crippen LogP contribution in [0.25, 0.3) is 21.6 Å². The van der Waals surface area contributed by atoms with Crippen molar-refractivity contribution in [1.29, 1.82) is 0 Å². The predicted octanol–water partition coefficient (Wildman–Crippen LogP) is 6.26. The van der Waals surface area contributed by atoms with Crippen LogP contribution < -0.4 is 4.74 Å². The molecule has 1 aromatic carbocycles. The first-order valence-corrected chi connectivity index (χ1v) is 10.4. The number of nitrogens with zero attached hydrogens (tertiary/aromatic N) is 2. The molecule has 3 heterocycles. The fraction of sp³-hybridized carbons (Fsp3) is 0.261. The number of Topliss-reactive ketones (excluding diaryl/α,β-unsaturated/α-hetero) is 1. The van der Waals surface area contributed by atoms with Crippen LogP contribution in [-0.2, 0) is 0 Å². The Kier molecular flexibility index (Phi) is 6.77. The van der Waals surface area contributed by atoms with Crippen molar-refractivity contribution in [1.82, 2.24) is 9.97 Å². The SMILES string of the molecule is CC(C)C(=O)c1ccoc1.CC(C)Oc1nc2ccccc2nc1-c1cccs1. The number of furan rings is 1. The van der Waals surface area contributed by atoms with Gasteiger partial charge in [-0.05, 0) is 43.5 Å². The van der Waals surface area contributed by atoms with Crippen molar-refractivity contribution in [2.24, 2.45) is 5.92 Å². The van der Waals surface area contributed by atoms with Crippen LogP contribution >= 0.6 is 11.3 Å². The lowest BCUT2D eigenvalue weighted by molar-refractivity contribution is 0.0938. The summed E-state index contributed by atoms with van der Waals surface area (Å²) in [5.74, 6) is 0.794. The second-order valence-corrected chi connectivity index (χ2v) is 7.99. The molecule has 3 aromatic heterocycles. The van der Waals surface area contributed by atoms with Gasteiger partial charge >= 0.3 is 0 Å². The zero-order valence-electron chi connectivity index (χ0n) is 17.0. The van der Waals surface area contributed by atoms with Gasteiger partial charge in [0.15, 0.2) is 5.78 Å². The van der Waals surface area contributed by atoms with E-state index in [1.54, 1.807) is 17.4 Å². The van der Waals surface area contributed by atoms with Crippen LogP contribution in [0.4, 0.5) is 0 Å². The molecule has 0 radical (unpaired) electrons. The van der Waals surface area contributed by atoms with Gasteiger partial charge in [0.05, 0.1) is 33.8 Å². The third-order valence-corrected chi connectivity index (χ3v) is 4.85. The molecule has 0 spiro atoms. The van der Waals surface area contributed by atoms with E-state index >= 15 is 0 Å². The minimum Gasteiger partial charge on any atom is -0.473 e. The largest absolute Gasteiger partial charge is 0.473 e. The highest BCUT2D eigenvalue weighted by atomic mass is 32.1. The van der Waals surface area contributed by atoms with Gasteiger partial charge in [-0.3, -0.25) is 4.79 Å². The Balaban J connectivity index is 0.000000204. The fourth-order valence-electron chi connectivity index (χ4n) is 2.60. The van der Waals surface area contributed by atoms with Crippen molar-refractivity contribution in [2.45, 2.75) is 33.8 Å². The van der Waals surface area contributed by atoms with Gasteiger partial charge in [0, 0.05) is 5.92 Å². The molecule has 0 aliphatic rings. The van der Waals surface area contributed by atoms with E-state index in [0.29, 0.717) is 11.4 Å². The van der Waals surface area contributed by atoms with E-state index < -0.39 is 0 Å². The molecule has 0 amide bonds. The Hall–Kier alpha value is -2.99. The number of rotatable bonds is 5. The Morgan fingerprint density at radius 3 is 2.28 bits per heavy atom. The third-order valence-electron chi connectivity index (χ3n) is 3.97. The number of carbonyl (C=O) groups excluding carboxylic acids is 1. The van der Waals surface area contributed by atoms with Gasteiger partial charge in [0.25, 0.3) is 0 Å². The molecule has 5 nitrogen and oxygen atoms in total. The van der Waals surface area contributed by atoms with E-state index in [1.807, 2.05) is 69.5 Å². The number of thiophene rings is 1. The second-order valence-electron chi connectivity index (χ2n) is 7.04. The predicted molar refractivity (Wildman–Crippen MR) is 116 cm³/mol. The van der Waals surface area contributed by atoms with Crippen LogP contribution in [-0.4, -0.2) is 21.9 Å². The topological polar surface area (TPSA) is 65.2 Å². The minimum absolute atomic E-state index is 0.0533. The fourth-order valence-corrected chi connectivity index (χ4v) is 3.31. The zero-order valence-corrected chi connectivity index (χ0v) is 17.8. The lowest BCUT2D eigenvalue weighted by Gasteiger charge is -2.12. The van der Waals surface area contributed by atoms with Crippen molar-refractivity contribution in [2.75, 3.05) is 0 Å². The first-order valence-electron chi connectivity index (χ1n) is 9.49. The number of carbonyl (C=O) groups is 1. The average Bonchev–Trinajstić information content (AvgIpc) is 3.41. The maximum atomic E-state index is 11.1. The number of aromatic nitrogens is 2. The Morgan fingerprint density at radius 2 is 1.72 bits per heavy atom. The van der Waals surface area contributed by atoms with Gasteiger partial charge in [0.2, 0.25) is 5.88 Å². The monoisotopic (exact) mass is 408 g/mol. The molecule has 0 aliphatic carbocycles. The first kappa shape index (κ1) is 20.7. The maximum Gasteiger partial charge on any atom is 0.242 e. The van der Waals surface area contributed by atoms with E-state index in [9.17, 15) is 4.79 Å². The van der Waals surface area contributed by atoms with Gasteiger partial charge < -0.3 is 9.15 Å². The molecule has 0 N–H and O–H groups in total. The van der Waals surface area contributed by atoms with Gasteiger partial charge in [-0.15, -0.1) is 11.3 Å². The molecule has 150 valence electrons. The van der Waals surface area contributed by atoms with Gasteiger partial charge in [-0.2, -0.15) is 0 Å². The van der Waals surface area contributed by atoms with Crippen LogP contribution in [0.2, 0.25) is 0 Å². The summed E-state index contributed by atoms with van der Waals surface area (Å²) >= 11 is 1.64. The number of ketones is 1. The van der Waals surface area contributed by atoms with E-state index in [0.717, 1.165) is 21.6 Å². The van der Waals surface area contributed by atoms with E-state index in [4.69, 9.17) is 14.1 Å². The summed E-state index contributed by atoms with van der Waals surface area (Å²) in [7, 11) is 0. The summed E-state index contributed by atoms with van der Waals surface area (Å²) in [4.78, 5) is 21.5. The molecule has 0 atom stereocenters. The van der Waals surface area contributed by atoms with Gasteiger partial charge in [0.1, 0.15) is 12.0 Å². The maximum absolute atomic E-state index is 11.1. The number of hydrogen-bond donors (Lipinski definition) is 0. The Labute approximate surface area is 174 Å². The van der Waals surface area contributed by atoms with Crippen molar-refractivity contribution in [3.05, 3.63) is 65.9 Å². The van der Waals surface area contributed by atoms with Gasteiger partial charge in [-0.1, -0.05) is 32.0 Å². The highest BCUT2D eigenvalue weighted by Crippen LogP contribution is 2.32. The number of hydrogen-bond acceptors (Lipinski definition) is 6. The summed E-state index contributed by atoms with van der Waals surface area (Å²) in [5.41, 5.74) is 3.23. The van der Waals surface area contributed by atoms with Crippen LogP contribution in [0.3, 0.4) is 0 Å². The number of fused-ring (bicyclic) bond motifs is 1. The van der Waals surface area contributed by atoms with Crippen LogP contribution in [0.15, 0.2) is 64.8 Å². The van der Waals surface area contributed by atoms with Gasteiger partial charge in [-0.25, -0.2) is 9.97 Å². The summed E-state index contributed by atoms with van der Waals surface area (Å²) in [6.45, 7) is 7.73. The standard InChI is InChI=1S/C15H14N2OS.C8H10O2/c1-10(2)18-15-14(13-8-5-9-19-13)16-11-6-3-4-7-12(11)17-15;1-6(2)8(9)7-3-4-10-5-7/h3-10H,1-2H3;3-6H,1-2H3. The van der Waals surface area contributed by atoms with E-state index in [1.165, 1.54) is 12.5 Å². The molecule has 4 rings (SSSR count). The molecular formula is C23H24N2O3S. The van der Waals surface area contributed by atoms with Crippen molar-refractivity contribution >= 4 is 28.2 Å². The first-order chi connectivity index (χ1) is 14.0. The van der Waals surface area contributed by atoms with Crippen molar-refractivity contribution in [3.63, 3.8) is 0 Å². The van der Waals surface area contributed by atoms with Crippen LogP contribution in [0, 0.1) is 5.92 Å². The minimum atomic E-state index is 0.0533. The van der Waals surface area contributed by atoms with E-state index in [-0.39, 0.29) is 17.8 Å². The summed E-state index contributed by atoms with van der Waals surface area (Å²) in [6.07, 6.45) is 3.06. The molecule has 0 saturated heterocycles. The lowest BCUT2D eigenvalue weighted by atomic mass is 10.0. The quantitative estimate of drug-likeness (QED) is 0.364. The number of benzene rings is 1. The molecule has 4 aromatic rings. The molecular weight excluding hydrogens is 384 g/mol.